The number of rotatable bonds is 1. The largest absolute Gasteiger partial charge is 0.337 e. The lowest BCUT2D eigenvalue weighted by Gasteiger charge is -2.04. The van der Waals surface area contributed by atoms with Crippen molar-refractivity contribution in [3.8, 4) is 0 Å². The van der Waals surface area contributed by atoms with Crippen molar-refractivity contribution >= 4 is 22.3 Å². The highest BCUT2D eigenvalue weighted by atomic mass is 79.9. The van der Waals surface area contributed by atoms with E-state index in [-0.39, 0.29) is 0 Å². The number of hydrogen-bond acceptors (Lipinski definition) is 1. The number of fused-ring (bicyclic) bond motifs is 1. The van der Waals surface area contributed by atoms with Crippen LogP contribution < -0.4 is 0 Å². The lowest BCUT2D eigenvalue weighted by Crippen LogP contribution is -2.12. The van der Waals surface area contributed by atoms with Gasteiger partial charge in [0.2, 0.25) is 6.41 Å². The van der Waals surface area contributed by atoms with E-state index in [0.29, 0.717) is 0 Å². The maximum absolute atomic E-state index is 10.5. The van der Waals surface area contributed by atoms with E-state index in [1.165, 1.54) is 11.1 Å². The molecule has 0 unspecified atom stereocenters. The topological polar surface area (TPSA) is 20.3 Å². The van der Waals surface area contributed by atoms with E-state index in [4.69, 9.17) is 0 Å². The third-order valence-corrected chi connectivity index (χ3v) is 2.84. The van der Waals surface area contributed by atoms with Crippen LogP contribution in [0.3, 0.4) is 0 Å². The minimum absolute atomic E-state index is 0.736. The Kier molecular flexibility index (Phi) is 1.89. The number of halogens is 1. The van der Waals surface area contributed by atoms with Gasteiger partial charge in [-0.2, -0.15) is 0 Å². The summed E-state index contributed by atoms with van der Waals surface area (Å²) in [5.41, 5.74) is 2.49. The highest BCUT2D eigenvalue weighted by Crippen LogP contribution is 2.28. The molecule has 0 aliphatic carbocycles. The Morgan fingerprint density at radius 1 is 1.42 bits per heavy atom. The summed E-state index contributed by atoms with van der Waals surface area (Å²) in [4.78, 5) is 12.3. The van der Waals surface area contributed by atoms with Gasteiger partial charge in [0.15, 0.2) is 0 Å². The number of carbonyl (C=O) groups excluding carboxylic acids is 1. The second-order valence-electron chi connectivity index (χ2n) is 2.89. The van der Waals surface area contributed by atoms with Crippen LogP contribution in [0.25, 0.3) is 0 Å². The molecule has 1 aromatic carbocycles. The molecule has 2 nitrogen and oxygen atoms in total. The third-order valence-electron chi connectivity index (χ3n) is 2.10. The highest BCUT2D eigenvalue weighted by Gasteiger charge is 2.18. The first-order valence-electron chi connectivity index (χ1n) is 3.77. The fourth-order valence-electron chi connectivity index (χ4n) is 1.48. The van der Waals surface area contributed by atoms with Crippen LogP contribution in [0, 0.1) is 0 Å². The Morgan fingerprint density at radius 2 is 2.25 bits per heavy atom. The normalized spacial score (nSPS) is 14.6. The third kappa shape index (κ3) is 1.14. The number of hydrogen-bond donors (Lipinski definition) is 0. The van der Waals surface area contributed by atoms with Crippen LogP contribution in [0.15, 0.2) is 22.7 Å². The van der Waals surface area contributed by atoms with Crippen molar-refractivity contribution in [2.45, 2.75) is 13.1 Å². The highest BCUT2D eigenvalue weighted by molar-refractivity contribution is 9.10. The summed E-state index contributed by atoms with van der Waals surface area (Å²) in [6, 6.07) is 6.06. The molecule has 1 heterocycles. The van der Waals surface area contributed by atoms with Crippen molar-refractivity contribution < 1.29 is 4.79 Å². The van der Waals surface area contributed by atoms with Crippen molar-refractivity contribution in [1.29, 1.82) is 0 Å². The van der Waals surface area contributed by atoms with E-state index >= 15 is 0 Å². The number of benzene rings is 1. The van der Waals surface area contributed by atoms with Gasteiger partial charge in [-0.3, -0.25) is 4.79 Å². The number of carbonyl (C=O) groups is 1. The van der Waals surface area contributed by atoms with Crippen molar-refractivity contribution in [2.75, 3.05) is 0 Å². The minimum atomic E-state index is 0.736. The Balaban J connectivity index is 2.41. The zero-order valence-electron chi connectivity index (χ0n) is 6.46. The fraction of sp³-hybridized carbons (Fsp3) is 0.222. The molecule has 0 saturated carbocycles. The van der Waals surface area contributed by atoms with Crippen LogP contribution in [-0.4, -0.2) is 11.3 Å². The molecular weight excluding hydrogens is 218 g/mol. The van der Waals surface area contributed by atoms with Gasteiger partial charge in [-0.05, 0) is 17.2 Å². The SMILES string of the molecule is O=CN1Cc2cccc(Br)c2C1. The number of nitrogens with zero attached hydrogens (tertiary/aromatic N) is 1. The van der Waals surface area contributed by atoms with Crippen LogP contribution in [0.5, 0.6) is 0 Å². The van der Waals surface area contributed by atoms with Crippen LogP contribution in [-0.2, 0) is 17.9 Å². The lowest BCUT2D eigenvalue weighted by molar-refractivity contribution is -0.118. The molecule has 0 radical (unpaired) electrons. The van der Waals surface area contributed by atoms with E-state index < -0.39 is 0 Å². The van der Waals surface area contributed by atoms with Gasteiger partial charge in [0.25, 0.3) is 0 Å². The smallest absolute Gasteiger partial charge is 0.210 e. The molecule has 12 heavy (non-hydrogen) atoms. The summed E-state index contributed by atoms with van der Waals surface area (Å²) in [7, 11) is 0. The minimum Gasteiger partial charge on any atom is -0.337 e. The molecular formula is C9H8BrNO. The molecule has 0 N–H and O–H groups in total. The monoisotopic (exact) mass is 225 g/mol. The first-order valence-corrected chi connectivity index (χ1v) is 4.56. The van der Waals surface area contributed by atoms with Gasteiger partial charge >= 0.3 is 0 Å². The fourth-order valence-corrected chi connectivity index (χ4v) is 2.01. The van der Waals surface area contributed by atoms with E-state index in [9.17, 15) is 4.79 Å². The van der Waals surface area contributed by atoms with Crippen molar-refractivity contribution in [3.05, 3.63) is 33.8 Å². The molecule has 0 bridgehead atoms. The van der Waals surface area contributed by atoms with Crippen LogP contribution in [0.4, 0.5) is 0 Å². The maximum atomic E-state index is 10.5. The summed E-state index contributed by atoms with van der Waals surface area (Å²) in [6.07, 6.45) is 0.895. The standard InChI is InChI=1S/C9H8BrNO/c10-9-3-1-2-7-4-11(6-12)5-8(7)9/h1-3,6H,4-5H2. The van der Waals surface area contributed by atoms with E-state index in [2.05, 4.69) is 22.0 Å². The summed E-state index contributed by atoms with van der Waals surface area (Å²) in [5, 5.41) is 0. The average Bonchev–Trinajstić information content (AvgIpc) is 2.49. The van der Waals surface area contributed by atoms with Gasteiger partial charge < -0.3 is 4.90 Å². The zero-order valence-corrected chi connectivity index (χ0v) is 8.04. The molecule has 1 amide bonds. The van der Waals surface area contributed by atoms with E-state index in [1.54, 1.807) is 4.90 Å². The van der Waals surface area contributed by atoms with Crippen molar-refractivity contribution in [1.82, 2.24) is 4.90 Å². The summed E-state index contributed by atoms with van der Waals surface area (Å²) < 4.78 is 1.10. The Bertz CT molecular complexity index is 324. The Morgan fingerprint density at radius 3 is 2.92 bits per heavy atom. The van der Waals surface area contributed by atoms with Gasteiger partial charge in [0.05, 0.1) is 0 Å². The molecule has 1 aromatic rings. The second-order valence-corrected chi connectivity index (χ2v) is 3.74. The van der Waals surface area contributed by atoms with Gasteiger partial charge in [0, 0.05) is 17.6 Å². The molecule has 2 rings (SSSR count). The lowest BCUT2D eigenvalue weighted by atomic mass is 10.1. The Hall–Kier alpha value is -0.830. The predicted octanol–water partition coefficient (Wildman–Crippen LogP) is 1.92. The Labute approximate surface area is 79.3 Å². The molecule has 0 saturated heterocycles. The first-order chi connectivity index (χ1) is 5.81. The molecule has 0 spiro atoms. The molecule has 3 heteroatoms. The average molecular weight is 226 g/mol. The van der Waals surface area contributed by atoms with Crippen molar-refractivity contribution in [3.63, 3.8) is 0 Å². The van der Waals surface area contributed by atoms with Gasteiger partial charge in [0.1, 0.15) is 0 Å². The number of amides is 1. The zero-order chi connectivity index (χ0) is 8.55. The summed E-state index contributed by atoms with van der Waals surface area (Å²) in [6.45, 7) is 1.48. The molecule has 0 fully saturated rings. The van der Waals surface area contributed by atoms with Crippen LogP contribution >= 0.6 is 15.9 Å². The van der Waals surface area contributed by atoms with Gasteiger partial charge in [-0.25, -0.2) is 0 Å². The van der Waals surface area contributed by atoms with Crippen LogP contribution in [0.2, 0.25) is 0 Å². The second kappa shape index (κ2) is 2.90. The molecule has 62 valence electrons. The molecule has 0 atom stereocenters. The van der Waals surface area contributed by atoms with Crippen molar-refractivity contribution in [2.24, 2.45) is 0 Å². The van der Waals surface area contributed by atoms with E-state index in [1.807, 2.05) is 12.1 Å². The van der Waals surface area contributed by atoms with E-state index in [0.717, 1.165) is 24.0 Å². The predicted molar refractivity (Wildman–Crippen MR) is 49.5 cm³/mol. The van der Waals surface area contributed by atoms with Gasteiger partial charge in [-0.1, -0.05) is 28.1 Å². The maximum Gasteiger partial charge on any atom is 0.210 e. The first kappa shape index (κ1) is 7.80. The summed E-state index contributed by atoms with van der Waals surface area (Å²) in [5.74, 6) is 0. The molecule has 1 aliphatic rings. The van der Waals surface area contributed by atoms with Gasteiger partial charge in [-0.15, -0.1) is 0 Å². The van der Waals surface area contributed by atoms with Crippen LogP contribution in [0.1, 0.15) is 11.1 Å². The molecule has 0 aromatic heterocycles. The summed E-state index contributed by atoms with van der Waals surface area (Å²) >= 11 is 3.46. The molecule has 1 aliphatic heterocycles. The quantitative estimate of drug-likeness (QED) is 0.670.